The fourth-order valence-electron chi connectivity index (χ4n) is 0.824. The molecule has 0 aliphatic carbocycles. The van der Waals surface area contributed by atoms with Crippen molar-refractivity contribution in [3.8, 4) is 0 Å². The summed E-state index contributed by atoms with van der Waals surface area (Å²) in [5, 5.41) is 0. The van der Waals surface area contributed by atoms with E-state index in [4.69, 9.17) is 13.0 Å². The Hall–Kier alpha value is 1.19. The predicted molar refractivity (Wildman–Crippen MR) is 36.4 cm³/mol. The van der Waals surface area contributed by atoms with E-state index in [9.17, 15) is 0 Å². The van der Waals surface area contributed by atoms with Crippen LogP contribution in [0.5, 0.6) is 0 Å². The van der Waals surface area contributed by atoms with Crippen molar-refractivity contribution in [2.24, 2.45) is 0 Å². The average Bonchev–Trinajstić information content (AvgIpc) is 1.88. The van der Waals surface area contributed by atoms with Crippen molar-refractivity contribution in [3.63, 3.8) is 0 Å². The molecule has 52 valence electrons. The van der Waals surface area contributed by atoms with Gasteiger partial charge in [-0.05, 0) is 0 Å². The number of hydrogen-bond donors (Lipinski definition) is 0. The van der Waals surface area contributed by atoms with Gasteiger partial charge in [-0.1, -0.05) is 0 Å². The van der Waals surface area contributed by atoms with Crippen molar-refractivity contribution >= 4 is 8.25 Å². The van der Waals surface area contributed by atoms with Crippen LogP contribution >= 0.6 is 8.25 Å². The molecule has 0 bridgehead atoms. The Morgan fingerprint density at radius 2 is 2.33 bits per heavy atom. The van der Waals surface area contributed by atoms with Gasteiger partial charge in [0.05, 0.1) is 0 Å². The van der Waals surface area contributed by atoms with Gasteiger partial charge in [-0.25, -0.2) is 0 Å². The summed E-state index contributed by atoms with van der Waals surface area (Å²) in [6.07, 6.45) is 2.88. The number of methoxy groups -OCH3 is 1. The standard InChI is InChI=1S/C6H13O.ClH.Hg/c1-4-5-6(2)7-3;;/h6H,2,4-5H2,1,3H3;1H;/q;;+1/p-1. The molecule has 0 aromatic heterocycles. The molecular weight excluding hydrogens is 324 g/mol. The van der Waals surface area contributed by atoms with Gasteiger partial charge in [-0.3, -0.25) is 0 Å². The van der Waals surface area contributed by atoms with Crippen molar-refractivity contribution in [1.82, 2.24) is 0 Å². The molecule has 0 radical (unpaired) electrons. The number of hydrogen-bond acceptors (Lipinski definition) is 1. The molecule has 0 saturated heterocycles. The molecule has 1 atom stereocenters. The Labute approximate surface area is 73.0 Å². The third kappa shape index (κ3) is 5.62. The van der Waals surface area contributed by atoms with Gasteiger partial charge in [-0.15, -0.1) is 0 Å². The van der Waals surface area contributed by atoms with E-state index < -0.39 is 23.3 Å². The van der Waals surface area contributed by atoms with Crippen molar-refractivity contribution in [1.29, 1.82) is 0 Å². The third-order valence-corrected chi connectivity index (χ3v) is 6.64. The van der Waals surface area contributed by atoms with E-state index in [0.29, 0.717) is 6.10 Å². The molecule has 0 spiro atoms. The molecule has 3 heteroatoms. The molecule has 0 saturated carbocycles. The zero-order valence-corrected chi connectivity index (χ0v) is 12.4. The molecule has 0 amide bonds. The first-order chi connectivity index (χ1) is 4.35. The normalized spacial score (nSPS) is 12.8. The van der Waals surface area contributed by atoms with Crippen LogP contribution < -0.4 is 0 Å². The first kappa shape index (κ1) is 10.2. The molecule has 0 fully saturated rings. The van der Waals surface area contributed by atoms with Crippen LogP contribution in [0.25, 0.3) is 0 Å². The SMILES string of the molecule is CCCC([CH2][Hg][Cl])OC. The van der Waals surface area contributed by atoms with Gasteiger partial charge in [-0.2, -0.15) is 0 Å². The zero-order valence-electron chi connectivity index (χ0n) is 6.19. The van der Waals surface area contributed by atoms with Crippen LogP contribution in [0, 0.1) is 0 Å². The quantitative estimate of drug-likeness (QED) is 0.701. The molecule has 0 N–H and O–H groups in total. The fourth-order valence-corrected chi connectivity index (χ4v) is 5.94. The average molecular weight is 337 g/mol. The number of ether oxygens (including phenoxy) is 1. The molecule has 0 aromatic rings. The van der Waals surface area contributed by atoms with Gasteiger partial charge in [0.15, 0.2) is 0 Å². The summed E-state index contributed by atoms with van der Waals surface area (Å²) < 4.78 is 6.40. The van der Waals surface area contributed by atoms with E-state index in [1.807, 2.05) is 0 Å². The minimum atomic E-state index is -0.932. The van der Waals surface area contributed by atoms with Gasteiger partial charge in [0.25, 0.3) is 0 Å². The Balaban J connectivity index is 3.18. The van der Waals surface area contributed by atoms with Gasteiger partial charge in [0.1, 0.15) is 0 Å². The van der Waals surface area contributed by atoms with Gasteiger partial charge >= 0.3 is 73.2 Å². The second-order valence-corrected chi connectivity index (χ2v) is 9.15. The second-order valence-electron chi connectivity index (χ2n) is 2.12. The van der Waals surface area contributed by atoms with Crippen LogP contribution in [0.2, 0.25) is 3.93 Å². The van der Waals surface area contributed by atoms with Crippen molar-refractivity contribution in [2.45, 2.75) is 29.8 Å². The van der Waals surface area contributed by atoms with Crippen LogP contribution in [-0.4, -0.2) is 13.2 Å². The summed E-state index contributed by atoms with van der Waals surface area (Å²) in [6.45, 7) is 2.18. The van der Waals surface area contributed by atoms with Crippen LogP contribution in [0.15, 0.2) is 0 Å². The van der Waals surface area contributed by atoms with E-state index in [1.165, 1.54) is 16.8 Å². The third-order valence-electron chi connectivity index (χ3n) is 1.38. The first-order valence-corrected chi connectivity index (χ1v) is 14.1. The maximum absolute atomic E-state index is 5.75. The van der Waals surface area contributed by atoms with E-state index in [2.05, 4.69) is 6.92 Å². The first-order valence-electron chi connectivity index (χ1n) is 3.43. The maximum atomic E-state index is 5.75. The molecule has 9 heavy (non-hydrogen) atoms. The van der Waals surface area contributed by atoms with Gasteiger partial charge in [0.2, 0.25) is 0 Å². The van der Waals surface area contributed by atoms with Crippen molar-refractivity contribution in [2.75, 3.05) is 7.11 Å². The molecule has 1 unspecified atom stereocenters. The molecule has 0 rings (SSSR count). The number of rotatable bonds is 5. The predicted octanol–water partition coefficient (Wildman–Crippen LogP) is 2.46. The van der Waals surface area contributed by atoms with Crippen LogP contribution in [-0.2, 0) is 28.1 Å². The van der Waals surface area contributed by atoms with Crippen LogP contribution in [0.4, 0.5) is 0 Å². The molecule has 0 heterocycles. The second kappa shape index (κ2) is 7.29. The Bertz CT molecular complexity index is 55.0. The monoisotopic (exact) mass is 338 g/mol. The Kier molecular flexibility index (Phi) is 8.25. The summed E-state index contributed by atoms with van der Waals surface area (Å²) in [5.41, 5.74) is 0. The van der Waals surface area contributed by atoms with E-state index in [-0.39, 0.29) is 0 Å². The molecule has 0 aromatic carbocycles. The summed E-state index contributed by atoms with van der Waals surface area (Å²) in [7, 11) is 7.53. The van der Waals surface area contributed by atoms with Gasteiger partial charge in [0, 0.05) is 0 Å². The Morgan fingerprint density at radius 3 is 2.67 bits per heavy atom. The van der Waals surface area contributed by atoms with Crippen LogP contribution in [0.3, 0.4) is 0 Å². The van der Waals surface area contributed by atoms with E-state index in [1.54, 1.807) is 7.11 Å². The topological polar surface area (TPSA) is 9.23 Å². The molecule has 1 nitrogen and oxygen atoms in total. The van der Waals surface area contributed by atoms with Gasteiger partial charge < -0.3 is 0 Å². The number of halogens is 1. The summed E-state index contributed by atoms with van der Waals surface area (Å²) in [5.74, 6) is 0. The van der Waals surface area contributed by atoms with E-state index in [0.717, 1.165) is 0 Å². The van der Waals surface area contributed by atoms with E-state index >= 15 is 0 Å². The molecule has 0 aliphatic heterocycles. The summed E-state index contributed by atoms with van der Waals surface area (Å²) in [6, 6.07) is 0. The van der Waals surface area contributed by atoms with Crippen LogP contribution in [0.1, 0.15) is 19.8 Å². The fraction of sp³-hybridized carbons (Fsp3) is 1.00. The minimum absolute atomic E-state index is 0.481. The zero-order chi connectivity index (χ0) is 7.11. The van der Waals surface area contributed by atoms with Crippen molar-refractivity contribution in [3.05, 3.63) is 0 Å². The molecular formula is C6H13ClHgO. The Morgan fingerprint density at radius 1 is 1.67 bits per heavy atom. The van der Waals surface area contributed by atoms with Crippen molar-refractivity contribution < 1.29 is 28.1 Å². The molecule has 0 aliphatic rings. The summed E-state index contributed by atoms with van der Waals surface area (Å²) >= 11 is -0.932. The summed E-state index contributed by atoms with van der Waals surface area (Å²) in [4.78, 5) is 0.